The first-order valence-corrected chi connectivity index (χ1v) is 2.41. The molecular formula is C5H6O3. The van der Waals surface area contributed by atoms with E-state index in [1.807, 2.05) is 0 Å². The zero-order valence-corrected chi connectivity index (χ0v) is 4.42. The van der Waals surface area contributed by atoms with Crippen molar-refractivity contribution in [2.75, 3.05) is 0 Å². The maximum Gasteiger partial charge on any atom is 0.314 e. The Kier molecular flexibility index (Phi) is 0.863. The van der Waals surface area contributed by atoms with Gasteiger partial charge >= 0.3 is 5.97 Å². The van der Waals surface area contributed by atoms with E-state index in [0.29, 0.717) is 0 Å². The highest BCUT2D eigenvalue weighted by Crippen LogP contribution is 2.32. The van der Waals surface area contributed by atoms with Crippen LogP contribution < -0.4 is 0 Å². The van der Waals surface area contributed by atoms with Crippen molar-refractivity contribution < 1.29 is 14.7 Å². The van der Waals surface area contributed by atoms with Gasteiger partial charge in [0.05, 0.1) is 0 Å². The van der Waals surface area contributed by atoms with Crippen LogP contribution in [0, 0.1) is 11.8 Å². The molecule has 2 atom stereocenters. The van der Waals surface area contributed by atoms with Crippen molar-refractivity contribution in [1.82, 2.24) is 0 Å². The molecule has 0 radical (unpaired) electrons. The molecule has 2 unspecified atom stereocenters. The topological polar surface area (TPSA) is 54.4 Å². The van der Waals surface area contributed by atoms with E-state index in [1.54, 1.807) is 6.92 Å². The lowest BCUT2D eigenvalue weighted by molar-refractivity contribution is -0.139. The third-order valence-electron chi connectivity index (χ3n) is 1.41. The Morgan fingerprint density at radius 2 is 2.12 bits per heavy atom. The summed E-state index contributed by atoms with van der Waals surface area (Å²) in [7, 11) is 0. The van der Waals surface area contributed by atoms with Gasteiger partial charge in [-0.05, 0) is 0 Å². The summed E-state index contributed by atoms with van der Waals surface area (Å²) in [6, 6.07) is 0. The SMILES string of the molecule is CC1C(=O)C1C(=O)O. The predicted octanol–water partition coefficient (Wildman–Crippen LogP) is -0.0940. The first-order chi connectivity index (χ1) is 3.64. The third-order valence-corrected chi connectivity index (χ3v) is 1.41. The Labute approximate surface area is 46.3 Å². The van der Waals surface area contributed by atoms with Crippen LogP contribution in [0.25, 0.3) is 0 Å². The molecule has 0 aromatic carbocycles. The van der Waals surface area contributed by atoms with Gasteiger partial charge in [-0.1, -0.05) is 6.92 Å². The van der Waals surface area contributed by atoms with Crippen molar-refractivity contribution in [2.24, 2.45) is 11.8 Å². The Balaban J connectivity index is 2.57. The van der Waals surface area contributed by atoms with Gasteiger partial charge in [0.25, 0.3) is 0 Å². The van der Waals surface area contributed by atoms with E-state index in [9.17, 15) is 9.59 Å². The van der Waals surface area contributed by atoms with Crippen molar-refractivity contribution in [2.45, 2.75) is 6.92 Å². The van der Waals surface area contributed by atoms with E-state index in [1.165, 1.54) is 0 Å². The van der Waals surface area contributed by atoms with Crippen LogP contribution in [0.4, 0.5) is 0 Å². The molecule has 1 rings (SSSR count). The van der Waals surface area contributed by atoms with Gasteiger partial charge in [-0.25, -0.2) is 0 Å². The number of carbonyl (C=O) groups is 2. The highest BCUT2D eigenvalue weighted by molar-refractivity contribution is 6.13. The summed E-state index contributed by atoms with van der Waals surface area (Å²) in [5.41, 5.74) is 0. The third kappa shape index (κ3) is 0.510. The Hall–Kier alpha value is -0.860. The van der Waals surface area contributed by atoms with E-state index in [4.69, 9.17) is 5.11 Å². The molecule has 0 aliphatic heterocycles. The predicted molar refractivity (Wildman–Crippen MR) is 25.3 cm³/mol. The fraction of sp³-hybridized carbons (Fsp3) is 0.600. The number of carboxylic acids is 1. The molecule has 1 fully saturated rings. The summed E-state index contributed by atoms with van der Waals surface area (Å²) in [6.45, 7) is 1.63. The number of carboxylic acid groups (broad SMARTS) is 1. The molecule has 3 heteroatoms. The standard InChI is InChI=1S/C5H6O3/c1-2-3(4(2)6)5(7)8/h2-3H,1H3,(H,7,8). The van der Waals surface area contributed by atoms with Crippen molar-refractivity contribution in [3.63, 3.8) is 0 Å². The molecule has 0 amide bonds. The van der Waals surface area contributed by atoms with Crippen molar-refractivity contribution in [1.29, 1.82) is 0 Å². The number of hydrogen-bond acceptors (Lipinski definition) is 2. The second kappa shape index (κ2) is 1.31. The molecule has 1 N–H and O–H groups in total. The first-order valence-electron chi connectivity index (χ1n) is 2.41. The number of Topliss-reactive ketones (excluding diaryl/α,β-unsaturated/α-hetero) is 1. The fourth-order valence-corrected chi connectivity index (χ4v) is 0.699. The summed E-state index contributed by atoms with van der Waals surface area (Å²) >= 11 is 0. The maximum absolute atomic E-state index is 10.3. The smallest absolute Gasteiger partial charge is 0.314 e. The van der Waals surface area contributed by atoms with Gasteiger partial charge in [0.1, 0.15) is 5.92 Å². The molecule has 0 aromatic rings. The second-order valence-corrected chi connectivity index (χ2v) is 2.01. The van der Waals surface area contributed by atoms with Gasteiger partial charge < -0.3 is 5.11 Å². The number of aliphatic carboxylic acids is 1. The molecule has 1 saturated carbocycles. The van der Waals surface area contributed by atoms with Crippen LogP contribution in [0.2, 0.25) is 0 Å². The number of rotatable bonds is 1. The summed E-state index contributed by atoms with van der Waals surface area (Å²) < 4.78 is 0. The van der Waals surface area contributed by atoms with E-state index >= 15 is 0 Å². The number of carbonyl (C=O) groups excluding carboxylic acids is 1. The van der Waals surface area contributed by atoms with Crippen molar-refractivity contribution in [3.8, 4) is 0 Å². The molecule has 0 aromatic heterocycles. The molecule has 0 heterocycles. The van der Waals surface area contributed by atoms with Crippen LogP contribution in [0.3, 0.4) is 0 Å². The van der Waals surface area contributed by atoms with Crippen LogP contribution in [-0.4, -0.2) is 16.9 Å². The molecule has 3 nitrogen and oxygen atoms in total. The van der Waals surface area contributed by atoms with Crippen molar-refractivity contribution >= 4 is 11.8 Å². The maximum atomic E-state index is 10.3. The van der Waals surface area contributed by atoms with Gasteiger partial charge in [-0.2, -0.15) is 0 Å². The summed E-state index contributed by atoms with van der Waals surface area (Å²) in [5.74, 6) is -2.04. The van der Waals surface area contributed by atoms with Gasteiger partial charge in [-0.15, -0.1) is 0 Å². The minimum atomic E-state index is -0.984. The molecule has 0 bridgehead atoms. The molecule has 8 heavy (non-hydrogen) atoms. The fourth-order valence-electron chi connectivity index (χ4n) is 0.699. The quantitative estimate of drug-likeness (QED) is 0.484. The molecular weight excluding hydrogens is 108 g/mol. The zero-order valence-electron chi connectivity index (χ0n) is 4.42. The van der Waals surface area contributed by atoms with Crippen LogP contribution in [0.5, 0.6) is 0 Å². The summed E-state index contributed by atoms with van der Waals surface area (Å²) in [6.07, 6.45) is 0. The Morgan fingerprint density at radius 1 is 1.75 bits per heavy atom. The normalized spacial score (nSPS) is 34.9. The molecule has 1 aliphatic rings. The van der Waals surface area contributed by atoms with Gasteiger partial charge in [0, 0.05) is 5.92 Å². The van der Waals surface area contributed by atoms with Crippen LogP contribution in [-0.2, 0) is 9.59 Å². The molecule has 0 saturated heterocycles. The Morgan fingerprint density at radius 3 is 2.12 bits per heavy atom. The molecule has 44 valence electrons. The number of ketones is 1. The largest absolute Gasteiger partial charge is 0.481 e. The van der Waals surface area contributed by atoms with Gasteiger partial charge in [0.15, 0.2) is 5.78 Å². The van der Waals surface area contributed by atoms with Gasteiger partial charge in [0.2, 0.25) is 0 Å². The number of hydrogen-bond donors (Lipinski definition) is 1. The van der Waals surface area contributed by atoms with Crippen molar-refractivity contribution in [3.05, 3.63) is 0 Å². The molecule has 1 aliphatic carbocycles. The lowest BCUT2D eigenvalue weighted by Gasteiger charge is -1.77. The Bertz CT molecular complexity index is 142. The van der Waals surface area contributed by atoms with Gasteiger partial charge in [-0.3, -0.25) is 9.59 Å². The van der Waals surface area contributed by atoms with E-state index < -0.39 is 11.9 Å². The van der Waals surface area contributed by atoms with E-state index in [-0.39, 0.29) is 11.7 Å². The summed E-state index contributed by atoms with van der Waals surface area (Å²) in [4.78, 5) is 20.2. The monoisotopic (exact) mass is 114 g/mol. The lowest BCUT2D eigenvalue weighted by atomic mass is 10.3. The minimum Gasteiger partial charge on any atom is -0.481 e. The average Bonchev–Trinajstić information content (AvgIpc) is 2.15. The van der Waals surface area contributed by atoms with Crippen LogP contribution >= 0.6 is 0 Å². The van der Waals surface area contributed by atoms with Crippen LogP contribution in [0.15, 0.2) is 0 Å². The minimum absolute atomic E-state index is 0.141. The zero-order chi connectivity index (χ0) is 6.31. The highest BCUT2D eigenvalue weighted by Gasteiger charge is 2.51. The highest BCUT2D eigenvalue weighted by atomic mass is 16.4. The molecule has 0 spiro atoms. The second-order valence-electron chi connectivity index (χ2n) is 2.01. The van der Waals surface area contributed by atoms with E-state index in [2.05, 4.69) is 0 Å². The first kappa shape index (κ1) is 5.28. The summed E-state index contributed by atoms with van der Waals surface area (Å²) in [5, 5.41) is 8.17. The lowest BCUT2D eigenvalue weighted by Crippen LogP contribution is -1.99. The average molecular weight is 114 g/mol. The van der Waals surface area contributed by atoms with E-state index in [0.717, 1.165) is 0 Å². The van der Waals surface area contributed by atoms with Crippen LogP contribution in [0.1, 0.15) is 6.92 Å².